The van der Waals surface area contributed by atoms with Crippen molar-refractivity contribution in [3.8, 4) is 0 Å². The van der Waals surface area contributed by atoms with Gasteiger partial charge in [-0.05, 0) is 67.3 Å². The zero-order valence-electron chi connectivity index (χ0n) is 18.7. The van der Waals surface area contributed by atoms with Gasteiger partial charge < -0.3 is 10.2 Å². The minimum atomic E-state index is -4.39. The molecule has 2 aromatic carbocycles. The van der Waals surface area contributed by atoms with Crippen molar-refractivity contribution in [1.82, 2.24) is 9.62 Å². The molecule has 6 nitrogen and oxygen atoms in total. The van der Waals surface area contributed by atoms with Crippen molar-refractivity contribution >= 4 is 21.6 Å². The van der Waals surface area contributed by atoms with Gasteiger partial charge in [0.05, 0.1) is 17.0 Å². The van der Waals surface area contributed by atoms with Crippen LogP contribution in [0.5, 0.6) is 0 Å². The molecule has 0 radical (unpaired) electrons. The van der Waals surface area contributed by atoms with Gasteiger partial charge in [-0.1, -0.05) is 6.92 Å². The molecule has 1 aliphatic heterocycles. The van der Waals surface area contributed by atoms with Gasteiger partial charge >= 0.3 is 6.18 Å². The SMILES string of the molecule is CCN(CC(=O)NCC1CCCN(c2ccc(C(F)(F)F)cc2)C1)S(=O)(=O)c1ccc(F)cc1. The molecular weight excluding hydrogens is 474 g/mol. The fourth-order valence-electron chi connectivity index (χ4n) is 3.92. The molecule has 1 unspecified atom stereocenters. The van der Waals surface area contributed by atoms with Crippen LogP contribution in [0.2, 0.25) is 0 Å². The first-order valence-electron chi connectivity index (χ1n) is 11.0. The molecule has 3 rings (SSSR count). The fraction of sp³-hybridized carbons (Fsp3) is 0.435. The number of hydrogen-bond acceptors (Lipinski definition) is 4. The zero-order chi connectivity index (χ0) is 24.9. The van der Waals surface area contributed by atoms with E-state index in [4.69, 9.17) is 0 Å². The Bertz CT molecular complexity index is 1070. The first-order valence-corrected chi connectivity index (χ1v) is 12.4. The van der Waals surface area contributed by atoms with Gasteiger partial charge in [0.2, 0.25) is 15.9 Å². The summed E-state index contributed by atoms with van der Waals surface area (Å²) < 4.78 is 78.0. The number of hydrogen-bond donors (Lipinski definition) is 1. The lowest BCUT2D eigenvalue weighted by molar-refractivity contribution is -0.137. The molecule has 0 aromatic heterocycles. The Kier molecular flexibility index (Phi) is 8.19. The van der Waals surface area contributed by atoms with Crippen LogP contribution in [-0.2, 0) is 21.0 Å². The van der Waals surface area contributed by atoms with E-state index in [1.807, 2.05) is 4.90 Å². The van der Waals surface area contributed by atoms with Crippen molar-refractivity contribution in [1.29, 1.82) is 0 Å². The third-order valence-corrected chi connectivity index (χ3v) is 7.73. The summed E-state index contributed by atoms with van der Waals surface area (Å²) in [5.74, 6) is -0.944. The summed E-state index contributed by atoms with van der Waals surface area (Å²) in [6.07, 6.45) is -2.73. The fourth-order valence-corrected chi connectivity index (χ4v) is 5.33. The highest BCUT2D eigenvalue weighted by Crippen LogP contribution is 2.31. The number of rotatable bonds is 8. The average molecular weight is 502 g/mol. The molecule has 0 bridgehead atoms. The van der Waals surface area contributed by atoms with Crippen molar-refractivity contribution in [3.05, 3.63) is 59.9 Å². The molecule has 11 heteroatoms. The molecule has 34 heavy (non-hydrogen) atoms. The molecule has 186 valence electrons. The van der Waals surface area contributed by atoms with E-state index < -0.39 is 33.5 Å². The number of carbonyl (C=O) groups is 1. The number of nitrogens with one attached hydrogen (secondary N) is 1. The number of benzene rings is 2. The van der Waals surface area contributed by atoms with E-state index in [2.05, 4.69) is 5.32 Å². The lowest BCUT2D eigenvalue weighted by atomic mass is 9.97. The number of nitrogens with zero attached hydrogens (tertiary/aromatic N) is 2. The topological polar surface area (TPSA) is 69.7 Å². The van der Waals surface area contributed by atoms with Crippen LogP contribution < -0.4 is 10.2 Å². The second kappa shape index (κ2) is 10.7. The van der Waals surface area contributed by atoms with Crippen LogP contribution in [0, 0.1) is 11.7 Å². The Labute approximate surface area is 196 Å². The van der Waals surface area contributed by atoms with E-state index in [0.717, 1.165) is 53.5 Å². The van der Waals surface area contributed by atoms with Crippen LogP contribution in [0.25, 0.3) is 0 Å². The molecule has 0 spiro atoms. The second-order valence-electron chi connectivity index (χ2n) is 8.19. The average Bonchev–Trinajstić information content (AvgIpc) is 2.81. The van der Waals surface area contributed by atoms with Crippen molar-refractivity contribution < 1.29 is 30.8 Å². The molecule has 1 saturated heterocycles. The monoisotopic (exact) mass is 501 g/mol. The van der Waals surface area contributed by atoms with Gasteiger partial charge in [-0.15, -0.1) is 0 Å². The second-order valence-corrected chi connectivity index (χ2v) is 10.1. The highest BCUT2D eigenvalue weighted by molar-refractivity contribution is 7.89. The third kappa shape index (κ3) is 6.47. The number of anilines is 1. The van der Waals surface area contributed by atoms with E-state index >= 15 is 0 Å². The molecule has 1 atom stereocenters. The molecule has 1 heterocycles. The number of amides is 1. The van der Waals surface area contributed by atoms with Crippen LogP contribution in [-0.4, -0.2) is 51.4 Å². The van der Waals surface area contributed by atoms with E-state index in [1.54, 1.807) is 6.92 Å². The van der Waals surface area contributed by atoms with Gasteiger partial charge in [0.1, 0.15) is 5.82 Å². The van der Waals surface area contributed by atoms with Crippen LogP contribution >= 0.6 is 0 Å². The number of carbonyl (C=O) groups excluding carboxylic acids is 1. The number of halogens is 4. The molecule has 0 aliphatic carbocycles. The van der Waals surface area contributed by atoms with Crippen molar-refractivity contribution in [2.24, 2.45) is 5.92 Å². The lowest BCUT2D eigenvalue weighted by Crippen LogP contribution is -2.44. The summed E-state index contributed by atoms with van der Waals surface area (Å²) in [6, 6.07) is 9.42. The van der Waals surface area contributed by atoms with Gasteiger partial charge in [0.25, 0.3) is 0 Å². The summed E-state index contributed by atoms with van der Waals surface area (Å²) in [6.45, 7) is 2.90. The lowest BCUT2D eigenvalue weighted by Gasteiger charge is -2.34. The Morgan fingerprint density at radius 2 is 1.76 bits per heavy atom. The predicted molar refractivity (Wildman–Crippen MR) is 120 cm³/mol. The van der Waals surface area contributed by atoms with Gasteiger partial charge in [0.15, 0.2) is 0 Å². The number of sulfonamides is 1. The molecule has 2 aromatic rings. The first-order chi connectivity index (χ1) is 16.0. The van der Waals surface area contributed by atoms with Gasteiger partial charge in [-0.3, -0.25) is 4.79 Å². The van der Waals surface area contributed by atoms with Crippen LogP contribution in [0.4, 0.5) is 23.2 Å². The maximum atomic E-state index is 13.1. The summed E-state index contributed by atoms with van der Waals surface area (Å²) in [5, 5.41) is 2.77. The van der Waals surface area contributed by atoms with Crippen LogP contribution in [0.15, 0.2) is 53.4 Å². The normalized spacial score (nSPS) is 17.1. The Hall–Kier alpha value is -2.66. The molecule has 1 aliphatic rings. The van der Waals surface area contributed by atoms with Crippen molar-refractivity contribution in [2.45, 2.75) is 30.8 Å². The molecule has 1 amide bonds. The van der Waals surface area contributed by atoms with Gasteiger partial charge in [0, 0.05) is 31.9 Å². The smallest absolute Gasteiger partial charge is 0.371 e. The van der Waals surface area contributed by atoms with Gasteiger partial charge in [-0.2, -0.15) is 17.5 Å². The van der Waals surface area contributed by atoms with Crippen molar-refractivity contribution in [3.63, 3.8) is 0 Å². The highest BCUT2D eigenvalue weighted by Gasteiger charge is 2.31. The number of likely N-dealkylation sites (N-methyl/N-ethyl adjacent to an activating group) is 1. The van der Waals surface area contributed by atoms with Crippen molar-refractivity contribution in [2.75, 3.05) is 37.6 Å². The first kappa shape index (κ1) is 26.0. The standard InChI is InChI=1S/C23H27F4N3O3S/c1-2-30(34(32,33)21-11-7-19(24)8-12-21)16-22(31)28-14-17-4-3-13-29(15-17)20-9-5-18(6-10-20)23(25,26)27/h5-12,17H,2-4,13-16H2,1H3,(H,28,31). The van der Waals surface area contributed by atoms with Crippen LogP contribution in [0.1, 0.15) is 25.3 Å². The molecule has 1 fully saturated rings. The summed E-state index contributed by atoms with van der Waals surface area (Å²) in [4.78, 5) is 14.4. The summed E-state index contributed by atoms with van der Waals surface area (Å²) in [5.41, 5.74) is -0.0142. The van der Waals surface area contributed by atoms with Crippen LogP contribution in [0.3, 0.4) is 0 Å². The quantitative estimate of drug-likeness (QED) is 0.558. The maximum absolute atomic E-state index is 13.1. The minimum Gasteiger partial charge on any atom is -0.371 e. The Morgan fingerprint density at radius 3 is 2.35 bits per heavy atom. The van der Waals surface area contributed by atoms with Gasteiger partial charge in [-0.25, -0.2) is 12.8 Å². The summed E-state index contributed by atoms with van der Waals surface area (Å²) in [7, 11) is -3.95. The molecule has 0 saturated carbocycles. The largest absolute Gasteiger partial charge is 0.416 e. The van der Waals surface area contributed by atoms with E-state index in [9.17, 15) is 30.8 Å². The molecular formula is C23H27F4N3O3S. The van der Waals surface area contributed by atoms with E-state index in [0.29, 0.717) is 25.3 Å². The zero-order valence-corrected chi connectivity index (χ0v) is 19.5. The Morgan fingerprint density at radius 1 is 1.12 bits per heavy atom. The molecule has 1 N–H and O–H groups in total. The third-order valence-electron chi connectivity index (χ3n) is 5.79. The number of alkyl halides is 3. The minimum absolute atomic E-state index is 0.0677. The summed E-state index contributed by atoms with van der Waals surface area (Å²) >= 11 is 0. The highest BCUT2D eigenvalue weighted by atomic mass is 32.2. The maximum Gasteiger partial charge on any atom is 0.416 e. The predicted octanol–water partition coefficient (Wildman–Crippen LogP) is 3.89. The van der Waals surface area contributed by atoms with E-state index in [-0.39, 0.29) is 23.9 Å². The van der Waals surface area contributed by atoms with E-state index in [1.165, 1.54) is 12.1 Å². The Balaban J connectivity index is 1.55. The number of piperidine rings is 1.